The highest BCUT2D eigenvalue weighted by Crippen LogP contribution is 2.26. The zero-order valence-electron chi connectivity index (χ0n) is 9.89. The monoisotopic (exact) mass is 241 g/mol. The topological polar surface area (TPSA) is 39.6 Å². The Labute approximate surface area is 101 Å². The van der Waals surface area contributed by atoms with Gasteiger partial charge < -0.3 is 10.0 Å². The molecular weight excluding hydrogens is 222 g/mol. The first-order valence-electron chi connectivity index (χ1n) is 5.65. The lowest BCUT2D eigenvalue weighted by atomic mass is 10.2. The Kier molecular flexibility index (Phi) is 3.91. The van der Waals surface area contributed by atoms with E-state index in [0.717, 1.165) is 29.5 Å². The molecule has 0 saturated carbocycles. The maximum atomic E-state index is 9.07. The van der Waals surface area contributed by atoms with Crippen molar-refractivity contribution in [3.8, 4) is 0 Å². The standard InChI is InChI=1S/C11H19N3OS/c1-13-4-3-5-14(2)10(7-13)11-12-6-9(8-15)16-11/h6,10,15H,3-5,7-8H2,1-2H3. The summed E-state index contributed by atoms with van der Waals surface area (Å²) < 4.78 is 0. The van der Waals surface area contributed by atoms with Crippen LogP contribution in [0, 0.1) is 0 Å². The van der Waals surface area contributed by atoms with Gasteiger partial charge in [0.05, 0.1) is 17.5 Å². The lowest BCUT2D eigenvalue weighted by Gasteiger charge is -2.25. The van der Waals surface area contributed by atoms with Crippen LogP contribution < -0.4 is 0 Å². The summed E-state index contributed by atoms with van der Waals surface area (Å²) in [5.74, 6) is 0. The Morgan fingerprint density at radius 3 is 3.00 bits per heavy atom. The first-order chi connectivity index (χ1) is 7.70. The molecule has 0 amide bonds. The van der Waals surface area contributed by atoms with E-state index in [4.69, 9.17) is 5.11 Å². The largest absolute Gasteiger partial charge is 0.391 e. The van der Waals surface area contributed by atoms with Gasteiger partial charge in [0.2, 0.25) is 0 Å². The summed E-state index contributed by atoms with van der Waals surface area (Å²) in [6.45, 7) is 3.39. The molecule has 1 unspecified atom stereocenters. The van der Waals surface area contributed by atoms with Crippen molar-refractivity contribution >= 4 is 11.3 Å². The van der Waals surface area contributed by atoms with E-state index in [1.807, 2.05) is 0 Å². The summed E-state index contributed by atoms with van der Waals surface area (Å²) in [7, 11) is 4.32. The van der Waals surface area contributed by atoms with Crippen molar-refractivity contribution in [2.24, 2.45) is 0 Å². The average Bonchev–Trinajstić information content (AvgIpc) is 2.67. The van der Waals surface area contributed by atoms with Crippen molar-refractivity contribution in [2.45, 2.75) is 19.1 Å². The maximum absolute atomic E-state index is 9.07. The summed E-state index contributed by atoms with van der Waals surface area (Å²) in [6, 6.07) is 0.373. The van der Waals surface area contributed by atoms with E-state index < -0.39 is 0 Å². The van der Waals surface area contributed by atoms with Crippen molar-refractivity contribution in [3.63, 3.8) is 0 Å². The minimum atomic E-state index is 0.101. The molecule has 0 aliphatic carbocycles. The second-order valence-electron chi connectivity index (χ2n) is 4.44. The Morgan fingerprint density at radius 2 is 2.31 bits per heavy atom. The SMILES string of the molecule is CN1CCCN(C)C(c2ncc(CO)s2)C1. The van der Waals surface area contributed by atoms with Gasteiger partial charge in [-0.3, -0.25) is 4.90 Å². The van der Waals surface area contributed by atoms with Crippen LogP contribution in [0.2, 0.25) is 0 Å². The molecule has 0 bridgehead atoms. The molecule has 1 atom stereocenters. The predicted molar refractivity (Wildman–Crippen MR) is 65.5 cm³/mol. The molecule has 1 aromatic heterocycles. The van der Waals surface area contributed by atoms with E-state index in [0.29, 0.717) is 6.04 Å². The maximum Gasteiger partial charge on any atom is 0.111 e. The summed E-state index contributed by atoms with van der Waals surface area (Å²) >= 11 is 1.62. The van der Waals surface area contributed by atoms with E-state index in [9.17, 15) is 0 Å². The van der Waals surface area contributed by atoms with Crippen molar-refractivity contribution in [1.29, 1.82) is 0 Å². The summed E-state index contributed by atoms with van der Waals surface area (Å²) in [5.41, 5.74) is 0. The lowest BCUT2D eigenvalue weighted by molar-refractivity contribution is 0.228. The van der Waals surface area contributed by atoms with Gasteiger partial charge in [0.1, 0.15) is 5.01 Å². The van der Waals surface area contributed by atoms with Gasteiger partial charge in [-0.05, 0) is 33.6 Å². The predicted octanol–water partition coefficient (Wildman–Crippen LogP) is 0.944. The van der Waals surface area contributed by atoms with Crippen LogP contribution in [0.4, 0.5) is 0 Å². The van der Waals surface area contributed by atoms with Crippen LogP contribution in [0.5, 0.6) is 0 Å². The molecule has 16 heavy (non-hydrogen) atoms. The van der Waals surface area contributed by atoms with Crippen molar-refractivity contribution in [1.82, 2.24) is 14.8 Å². The smallest absolute Gasteiger partial charge is 0.111 e. The van der Waals surface area contributed by atoms with Crippen LogP contribution in [0.25, 0.3) is 0 Å². The minimum absolute atomic E-state index is 0.101. The van der Waals surface area contributed by atoms with Crippen LogP contribution in [-0.4, -0.2) is 53.6 Å². The fourth-order valence-electron chi connectivity index (χ4n) is 2.09. The molecule has 2 rings (SSSR count). The summed E-state index contributed by atoms with van der Waals surface area (Å²) in [6.07, 6.45) is 3.00. The average molecular weight is 241 g/mol. The number of hydrogen-bond acceptors (Lipinski definition) is 5. The molecule has 0 aromatic carbocycles. The molecule has 1 saturated heterocycles. The second kappa shape index (κ2) is 5.23. The molecule has 1 aromatic rings. The van der Waals surface area contributed by atoms with Crippen molar-refractivity contribution in [2.75, 3.05) is 33.7 Å². The molecule has 4 nitrogen and oxygen atoms in total. The molecule has 2 heterocycles. The Balaban J connectivity index is 2.15. The lowest BCUT2D eigenvalue weighted by Crippen LogP contribution is -2.30. The molecule has 0 radical (unpaired) electrons. The highest BCUT2D eigenvalue weighted by atomic mass is 32.1. The molecule has 1 fully saturated rings. The van der Waals surface area contributed by atoms with Gasteiger partial charge in [-0.25, -0.2) is 4.98 Å². The van der Waals surface area contributed by atoms with E-state index >= 15 is 0 Å². The van der Waals surface area contributed by atoms with E-state index in [-0.39, 0.29) is 6.61 Å². The highest BCUT2D eigenvalue weighted by Gasteiger charge is 2.24. The summed E-state index contributed by atoms with van der Waals surface area (Å²) in [5, 5.41) is 10.2. The number of likely N-dealkylation sites (N-methyl/N-ethyl adjacent to an activating group) is 2. The highest BCUT2D eigenvalue weighted by molar-refractivity contribution is 7.11. The van der Waals surface area contributed by atoms with Crippen molar-refractivity contribution in [3.05, 3.63) is 16.1 Å². The second-order valence-corrected chi connectivity index (χ2v) is 5.58. The Bertz CT molecular complexity index is 342. The van der Waals surface area contributed by atoms with Crippen LogP contribution in [0.1, 0.15) is 22.3 Å². The molecule has 1 aliphatic heterocycles. The molecule has 1 aliphatic rings. The quantitative estimate of drug-likeness (QED) is 0.836. The van der Waals surface area contributed by atoms with Crippen LogP contribution >= 0.6 is 11.3 Å². The number of aliphatic hydroxyl groups excluding tert-OH is 1. The van der Waals surface area contributed by atoms with Gasteiger partial charge in [0.15, 0.2) is 0 Å². The number of thiazole rings is 1. The van der Waals surface area contributed by atoms with Crippen molar-refractivity contribution < 1.29 is 5.11 Å². The molecule has 0 spiro atoms. The molecule has 1 N–H and O–H groups in total. The molecule has 5 heteroatoms. The third-order valence-corrected chi connectivity index (χ3v) is 4.16. The first-order valence-corrected chi connectivity index (χ1v) is 6.46. The fraction of sp³-hybridized carbons (Fsp3) is 0.727. The number of nitrogens with zero attached hydrogens (tertiary/aromatic N) is 3. The number of aromatic nitrogens is 1. The van der Waals surface area contributed by atoms with Gasteiger partial charge >= 0.3 is 0 Å². The Morgan fingerprint density at radius 1 is 1.50 bits per heavy atom. The van der Waals surface area contributed by atoms with E-state index in [1.54, 1.807) is 17.5 Å². The first kappa shape index (κ1) is 12.0. The van der Waals surface area contributed by atoms with E-state index in [2.05, 4.69) is 28.9 Å². The van der Waals surface area contributed by atoms with Gasteiger partial charge in [-0.1, -0.05) is 0 Å². The fourth-order valence-corrected chi connectivity index (χ4v) is 3.02. The van der Waals surface area contributed by atoms with Gasteiger partial charge in [-0.2, -0.15) is 0 Å². The number of rotatable bonds is 2. The number of hydrogen-bond donors (Lipinski definition) is 1. The zero-order chi connectivity index (χ0) is 11.5. The van der Waals surface area contributed by atoms with Crippen LogP contribution in [-0.2, 0) is 6.61 Å². The summed E-state index contributed by atoms with van der Waals surface area (Å²) in [4.78, 5) is 10.1. The third-order valence-electron chi connectivity index (χ3n) is 3.08. The minimum Gasteiger partial charge on any atom is -0.391 e. The van der Waals surface area contributed by atoms with Crippen LogP contribution in [0.15, 0.2) is 6.20 Å². The normalized spacial score (nSPS) is 24.6. The van der Waals surface area contributed by atoms with E-state index in [1.165, 1.54) is 6.42 Å². The van der Waals surface area contributed by atoms with Gasteiger partial charge in [0.25, 0.3) is 0 Å². The number of aliphatic hydroxyl groups is 1. The zero-order valence-corrected chi connectivity index (χ0v) is 10.7. The third kappa shape index (κ3) is 2.60. The Hall–Kier alpha value is -0.490. The molecule has 90 valence electrons. The molecular formula is C11H19N3OS. The van der Waals surface area contributed by atoms with Gasteiger partial charge in [0, 0.05) is 12.7 Å². The van der Waals surface area contributed by atoms with Crippen LogP contribution in [0.3, 0.4) is 0 Å². The van der Waals surface area contributed by atoms with Gasteiger partial charge in [-0.15, -0.1) is 11.3 Å².